The van der Waals surface area contributed by atoms with E-state index in [0.29, 0.717) is 6.04 Å². The van der Waals surface area contributed by atoms with Gasteiger partial charge in [0.2, 0.25) is 0 Å². The maximum absolute atomic E-state index is 5.77. The zero-order valence-corrected chi connectivity index (χ0v) is 12.2. The Labute approximate surface area is 114 Å². The molecular formula is C15H23NOS. The Morgan fingerprint density at radius 3 is 3.11 bits per heavy atom. The van der Waals surface area contributed by atoms with Crippen LogP contribution in [0, 0.1) is 0 Å². The zero-order valence-electron chi connectivity index (χ0n) is 11.4. The van der Waals surface area contributed by atoms with Crippen LogP contribution < -0.4 is 10.1 Å². The van der Waals surface area contributed by atoms with Gasteiger partial charge in [0.15, 0.2) is 0 Å². The van der Waals surface area contributed by atoms with Crippen LogP contribution in [0.15, 0.2) is 18.2 Å². The first-order valence-electron chi connectivity index (χ1n) is 6.83. The van der Waals surface area contributed by atoms with E-state index in [0.717, 1.165) is 24.7 Å². The molecule has 0 bridgehead atoms. The van der Waals surface area contributed by atoms with E-state index in [1.165, 1.54) is 30.4 Å². The van der Waals surface area contributed by atoms with Gasteiger partial charge < -0.3 is 10.1 Å². The fourth-order valence-corrected chi connectivity index (χ4v) is 2.83. The number of hydrogen-bond acceptors (Lipinski definition) is 3. The van der Waals surface area contributed by atoms with Gasteiger partial charge in [-0.2, -0.15) is 11.8 Å². The molecule has 3 heteroatoms. The summed E-state index contributed by atoms with van der Waals surface area (Å²) in [4.78, 5) is 0. The lowest BCUT2D eigenvalue weighted by Crippen LogP contribution is -2.24. The van der Waals surface area contributed by atoms with E-state index in [9.17, 15) is 0 Å². The first-order valence-corrected chi connectivity index (χ1v) is 8.22. The average molecular weight is 265 g/mol. The molecule has 0 aromatic heterocycles. The molecule has 2 nitrogen and oxygen atoms in total. The van der Waals surface area contributed by atoms with Crippen LogP contribution in [-0.2, 0) is 6.42 Å². The molecule has 1 atom stereocenters. The van der Waals surface area contributed by atoms with Crippen molar-refractivity contribution in [3.8, 4) is 5.75 Å². The van der Waals surface area contributed by atoms with E-state index < -0.39 is 0 Å². The van der Waals surface area contributed by atoms with Gasteiger partial charge in [0, 0.05) is 11.8 Å². The van der Waals surface area contributed by atoms with Crippen molar-refractivity contribution >= 4 is 11.8 Å². The molecule has 1 aliphatic carbocycles. The number of aryl methyl sites for hydroxylation is 1. The van der Waals surface area contributed by atoms with Crippen LogP contribution in [0.2, 0.25) is 0 Å². The van der Waals surface area contributed by atoms with Crippen molar-refractivity contribution in [3.05, 3.63) is 29.3 Å². The lowest BCUT2D eigenvalue weighted by atomic mass is 9.87. The molecule has 100 valence electrons. The van der Waals surface area contributed by atoms with Crippen molar-refractivity contribution in [1.29, 1.82) is 0 Å². The van der Waals surface area contributed by atoms with E-state index in [4.69, 9.17) is 4.74 Å². The zero-order chi connectivity index (χ0) is 12.8. The summed E-state index contributed by atoms with van der Waals surface area (Å²) in [6.07, 6.45) is 5.83. The minimum absolute atomic E-state index is 0.541. The van der Waals surface area contributed by atoms with Crippen LogP contribution >= 0.6 is 11.8 Å². The van der Waals surface area contributed by atoms with Crippen LogP contribution in [0.1, 0.15) is 36.9 Å². The monoisotopic (exact) mass is 265 g/mol. The molecule has 0 radical (unpaired) electrons. The minimum Gasteiger partial charge on any atom is -0.493 e. The summed E-state index contributed by atoms with van der Waals surface area (Å²) in [5.74, 6) is 2.08. The molecule has 0 saturated carbocycles. The fraction of sp³-hybridized carbons (Fsp3) is 0.600. The summed E-state index contributed by atoms with van der Waals surface area (Å²) in [6.45, 7) is 4.01. The summed E-state index contributed by atoms with van der Waals surface area (Å²) >= 11 is 1.82. The predicted octanol–water partition coefficient (Wildman–Crippen LogP) is 3.42. The molecule has 0 saturated heterocycles. The SMILES string of the molecule is CCNC1CCCc2cc(OCCSC)ccc21. The van der Waals surface area contributed by atoms with Crippen molar-refractivity contribution in [3.63, 3.8) is 0 Å². The van der Waals surface area contributed by atoms with Crippen molar-refractivity contribution in [1.82, 2.24) is 5.32 Å². The molecule has 0 amide bonds. The van der Waals surface area contributed by atoms with Crippen LogP contribution in [-0.4, -0.2) is 25.2 Å². The fourth-order valence-electron chi connectivity index (χ4n) is 2.58. The van der Waals surface area contributed by atoms with E-state index >= 15 is 0 Å². The van der Waals surface area contributed by atoms with Crippen molar-refractivity contribution in [2.24, 2.45) is 0 Å². The highest BCUT2D eigenvalue weighted by Gasteiger charge is 2.19. The Morgan fingerprint density at radius 1 is 1.44 bits per heavy atom. The molecule has 18 heavy (non-hydrogen) atoms. The van der Waals surface area contributed by atoms with Crippen LogP contribution in [0.3, 0.4) is 0 Å². The third-order valence-electron chi connectivity index (χ3n) is 3.44. The van der Waals surface area contributed by atoms with Crippen LogP contribution in [0.25, 0.3) is 0 Å². The van der Waals surface area contributed by atoms with Gasteiger partial charge in [0.1, 0.15) is 5.75 Å². The number of rotatable bonds is 6. The smallest absolute Gasteiger partial charge is 0.119 e. The second-order valence-corrected chi connectivity index (χ2v) is 5.69. The van der Waals surface area contributed by atoms with Crippen LogP contribution in [0.4, 0.5) is 0 Å². The topological polar surface area (TPSA) is 21.3 Å². The lowest BCUT2D eigenvalue weighted by Gasteiger charge is -2.26. The standard InChI is InChI=1S/C15H23NOS/c1-3-16-15-6-4-5-12-11-13(7-8-14(12)15)17-9-10-18-2/h7-8,11,15-16H,3-6,9-10H2,1-2H3. The molecule has 0 fully saturated rings. The molecule has 2 rings (SSSR count). The van der Waals surface area contributed by atoms with E-state index in [-0.39, 0.29) is 0 Å². The first-order chi connectivity index (χ1) is 8.85. The Hall–Kier alpha value is -0.670. The molecular weight excluding hydrogens is 242 g/mol. The normalized spacial score (nSPS) is 18.4. The quantitative estimate of drug-likeness (QED) is 0.796. The van der Waals surface area contributed by atoms with Gasteiger partial charge in [-0.05, 0) is 55.3 Å². The number of nitrogens with one attached hydrogen (secondary N) is 1. The molecule has 1 N–H and O–H groups in total. The largest absolute Gasteiger partial charge is 0.493 e. The Bertz CT molecular complexity index is 381. The first kappa shape index (κ1) is 13.8. The molecule has 1 unspecified atom stereocenters. The summed E-state index contributed by atoms with van der Waals surface area (Å²) < 4.78 is 5.77. The van der Waals surface area contributed by atoms with Crippen molar-refractivity contribution in [2.75, 3.05) is 25.2 Å². The summed E-state index contributed by atoms with van der Waals surface area (Å²) in [7, 11) is 0. The summed E-state index contributed by atoms with van der Waals surface area (Å²) in [5, 5.41) is 3.57. The average Bonchev–Trinajstić information content (AvgIpc) is 2.39. The molecule has 1 aromatic carbocycles. The number of fused-ring (bicyclic) bond motifs is 1. The predicted molar refractivity (Wildman–Crippen MR) is 79.7 cm³/mol. The number of benzene rings is 1. The molecule has 0 heterocycles. The third kappa shape index (κ3) is 3.42. The second kappa shape index (κ2) is 7.05. The summed E-state index contributed by atoms with van der Waals surface area (Å²) in [6, 6.07) is 7.14. The maximum Gasteiger partial charge on any atom is 0.119 e. The van der Waals surface area contributed by atoms with Gasteiger partial charge in [-0.1, -0.05) is 13.0 Å². The van der Waals surface area contributed by atoms with Gasteiger partial charge in [0.25, 0.3) is 0 Å². The third-order valence-corrected chi connectivity index (χ3v) is 4.01. The number of thioether (sulfide) groups is 1. The highest BCUT2D eigenvalue weighted by atomic mass is 32.2. The molecule has 0 spiro atoms. The highest BCUT2D eigenvalue weighted by molar-refractivity contribution is 7.98. The van der Waals surface area contributed by atoms with E-state index in [1.807, 2.05) is 11.8 Å². The Morgan fingerprint density at radius 2 is 2.33 bits per heavy atom. The molecule has 1 aliphatic rings. The van der Waals surface area contributed by atoms with Gasteiger partial charge in [-0.3, -0.25) is 0 Å². The van der Waals surface area contributed by atoms with Crippen molar-refractivity contribution < 1.29 is 4.74 Å². The van der Waals surface area contributed by atoms with E-state index in [2.05, 4.69) is 36.7 Å². The summed E-state index contributed by atoms with van der Waals surface area (Å²) in [5.41, 5.74) is 2.94. The number of ether oxygens (including phenoxy) is 1. The highest BCUT2D eigenvalue weighted by Crippen LogP contribution is 2.32. The van der Waals surface area contributed by atoms with Gasteiger partial charge >= 0.3 is 0 Å². The minimum atomic E-state index is 0.541. The Kier molecular flexibility index (Phi) is 5.39. The van der Waals surface area contributed by atoms with Crippen LogP contribution in [0.5, 0.6) is 5.75 Å². The Balaban J connectivity index is 2.06. The lowest BCUT2D eigenvalue weighted by molar-refractivity contribution is 0.342. The molecule has 1 aromatic rings. The van der Waals surface area contributed by atoms with E-state index in [1.54, 1.807) is 0 Å². The second-order valence-electron chi connectivity index (χ2n) is 4.70. The molecule has 0 aliphatic heterocycles. The van der Waals surface area contributed by atoms with Gasteiger partial charge in [-0.25, -0.2) is 0 Å². The van der Waals surface area contributed by atoms with Gasteiger partial charge in [0.05, 0.1) is 6.61 Å². The number of hydrogen-bond donors (Lipinski definition) is 1. The van der Waals surface area contributed by atoms with Gasteiger partial charge in [-0.15, -0.1) is 0 Å². The van der Waals surface area contributed by atoms with Crippen molar-refractivity contribution in [2.45, 2.75) is 32.2 Å². The maximum atomic E-state index is 5.77.